The minimum atomic E-state index is -1.61. The Bertz CT molecular complexity index is 1520. The van der Waals surface area contributed by atoms with Gasteiger partial charge in [-0.2, -0.15) is 0 Å². The van der Waals surface area contributed by atoms with E-state index in [1.54, 1.807) is 31.2 Å². The second-order valence-electron chi connectivity index (χ2n) is 10.4. The number of hydrogen-bond donors (Lipinski definition) is 3. The Balaban J connectivity index is 1.28. The molecule has 0 radical (unpaired) electrons. The first kappa shape index (κ1) is 24.7. The highest BCUT2D eigenvalue weighted by atomic mass is 16.5. The molecule has 4 aliphatic rings. The summed E-state index contributed by atoms with van der Waals surface area (Å²) in [5, 5.41) is 7.73. The van der Waals surface area contributed by atoms with Gasteiger partial charge in [-0.1, -0.05) is 36.5 Å². The van der Waals surface area contributed by atoms with Crippen molar-refractivity contribution in [2.24, 2.45) is 10.9 Å². The first-order chi connectivity index (χ1) is 18.7. The zero-order valence-electron chi connectivity index (χ0n) is 21.6. The second kappa shape index (κ2) is 8.98. The summed E-state index contributed by atoms with van der Waals surface area (Å²) in [7, 11) is 1.53. The van der Waals surface area contributed by atoms with Crippen LogP contribution in [0.1, 0.15) is 53.2 Å². The lowest BCUT2D eigenvalue weighted by atomic mass is 9.67. The number of amides is 5. The smallest absolute Gasteiger partial charge is 0.323 e. The second-order valence-corrected chi connectivity index (χ2v) is 10.4. The van der Waals surface area contributed by atoms with Crippen molar-refractivity contribution in [2.75, 3.05) is 13.7 Å². The molecular formula is C29H27N5O5. The van der Waals surface area contributed by atoms with Crippen molar-refractivity contribution >= 4 is 29.6 Å². The molecule has 1 saturated heterocycles. The molecule has 2 unspecified atom stereocenters. The molecule has 0 spiro atoms. The van der Waals surface area contributed by atoms with Crippen LogP contribution in [0.25, 0.3) is 0 Å². The normalized spacial score (nSPS) is 25.7. The van der Waals surface area contributed by atoms with Crippen LogP contribution in [0, 0.1) is 17.8 Å². The van der Waals surface area contributed by atoms with E-state index >= 15 is 0 Å². The molecule has 0 aromatic heterocycles. The van der Waals surface area contributed by atoms with E-state index in [9.17, 15) is 19.2 Å². The van der Waals surface area contributed by atoms with E-state index in [2.05, 4.69) is 27.8 Å². The van der Waals surface area contributed by atoms with Crippen molar-refractivity contribution in [1.82, 2.24) is 20.9 Å². The highest BCUT2D eigenvalue weighted by molar-refractivity contribution is 6.10. The fourth-order valence-electron chi connectivity index (χ4n) is 5.74. The Morgan fingerprint density at radius 3 is 2.41 bits per heavy atom. The number of rotatable bonds is 5. The Morgan fingerprint density at radius 2 is 1.82 bits per heavy atom. The number of methoxy groups -OCH3 is 1. The summed E-state index contributed by atoms with van der Waals surface area (Å²) >= 11 is 0. The number of carbonyl (C=O) groups excluding carboxylic acids is 4. The molecule has 39 heavy (non-hydrogen) atoms. The highest BCUT2D eigenvalue weighted by Gasteiger charge is 2.52. The van der Waals surface area contributed by atoms with Gasteiger partial charge >= 0.3 is 6.03 Å². The van der Waals surface area contributed by atoms with Gasteiger partial charge in [0.25, 0.3) is 17.7 Å². The first-order valence-electron chi connectivity index (χ1n) is 12.9. The number of ether oxygens (including phenoxy) is 1. The van der Waals surface area contributed by atoms with Gasteiger partial charge in [-0.05, 0) is 61.1 Å². The topological polar surface area (TPSA) is 129 Å². The average molecular weight is 526 g/mol. The first-order valence-corrected chi connectivity index (χ1v) is 12.9. The van der Waals surface area contributed by atoms with E-state index in [-0.39, 0.29) is 30.8 Å². The van der Waals surface area contributed by atoms with Crippen LogP contribution in [-0.4, -0.2) is 53.7 Å². The highest BCUT2D eigenvalue weighted by Crippen LogP contribution is 2.47. The van der Waals surface area contributed by atoms with Gasteiger partial charge in [-0.15, -0.1) is 0 Å². The van der Waals surface area contributed by atoms with E-state index in [4.69, 9.17) is 9.73 Å². The predicted molar refractivity (Wildman–Crippen MR) is 141 cm³/mol. The lowest BCUT2D eigenvalue weighted by molar-refractivity contribution is -0.127. The molecule has 2 aromatic carbocycles. The minimum absolute atomic E-state index is 0.110. The van der Waals surface area contributed by atoms with E-state index in [0.29, 0.717) is 22.7 Å². The third-order valence-electron chi connectivity index (χ3n) is 7.99. The summed E-state index contributed by atoms with van der Waals surface area (Å²) in [6.45, 7) is 1.95. The van der Waals surface area contributed by atoms with Gasteiger partial charge in [0.15, 0.2) is 5.54 Å². The lowest BCUT2D eigenvalue weighted by Crippen LogP contribution is -2.54. The van der Waals surface area contributed by atoms with Crippen LogP contribution in [0.15, 0.2) is 47.5 Å². The maximum atomic E-state index is 13.1. The van der Waals surface area contributed by atoms with Crippen LogP contribution in [0.5, 0.6) is 5.75 Å². The zero-order valence-corrected chi connectivity index (χ0v) is 21.6. The van der Waals surface area contributed by atoms with Crippen LogP contribution in [0.4, 0.5) is 4.79 Å². The molecule has 5 amide bonds. The number of amidine groups is 1. The summed E-state index contributed by atoms with van der Waals surface area (Å²) in [6.07, 6.45) is 2.95. The van der Waals surface area contributed by atoms with Gasteiger partial charge in [0.05, 0.1) is 13.7 Å². The van der Waals surface area contributed by atoms with Crippen molar-refractivity contribution < 1.29 is 23.9 Å². The van der Waals surface area contributed by atoms with Crippen molar-refractivity contribution in [3.8, 4) is 17.6 Å². The summed E-state index contributed by atoms with van der Waals surface area (Å²) < 4.78 is 5.23. The maximum absolute atomic E-state index is 13.1. The number of imide groups is 1. The van der Waals surface area contributed by atoms with Gasteiger partial charge < -0.3 is 20.3 Å². The minimum Gasteiger partial charge on any atom is -0.497 e. The molecule has 2 aromatic rings. The van der Waals surface area contributed by atoms with Crippen LogP contribution in [0.3, 0.4) is 0 Å². The average Bonchev–Trinajstić information content (AvgIpc) is 3.46. The number of benzene rings is 2. The van der Waals surface area contributed by atoms with Crippen LogP contribution in [0.2, 0.25) is 0 Å². The standard InChI is InChI=1S/C29H27N5O5/c1-17-30-26(37)29(32-17,20-4-3-5-20)21-9-6-18(7-10-21)12-13-28(25(36)31-27(38)33-28)16-34-15-19-8-11-22(39-2)14-23(19)24(34)35/h6-11,14,20H,3-5,15-16H2,1-2H3,(H,30,32,37)(H2,31,33,36,38). The van der Waals surface area contributed by atoms with Gasteiger partial charge in [0.2, 0.25) is 5.54 Å². The van der Waals surface area contributed by atoms with Crippen molar-refractivity contribution in [2.45, 2.75) is 43.8 Å². The Labute approximate surface area is 225 Å². The van der Waals surface area contributed by atoms with Crippen molar-refractivity contribution in [3.63, 3.8) is 0 Å². The van der Waals surface area contributed by atoms with E-state index in [1.165, 1.54) is 12.0 Å². The molecule has 1 saturated carbocycles. The number of aliphatic imine (C=N–C) groups is 1. The fourth-order valence-corrected chi connectivity index (χ4v) is 5.74. The summed E-state index contributed by atoms with van der Waals surface area (Å²) in [5.41, 5.74) is 0.144. The number of nitrogens with one attached hydrogen (secondary N) is 3. The third-order valence-corrected chi connectivity index (χ3v) is 7.99. The van der Waals surface area contributed by atoms with Gasteiger partial charge in [-0.3, -0.25) is 24.7 Å². The fraction of sp³-hybridized carbons (Fsp3) is 0.345. The van der Waals surface area contributed by atoms with Gasteiger partial charge in [0, 0.05) is 17.7 Å². The molecule has 3 heterocycles. The number of nitrogens with zero attached hydrogens (tertiary/aromatic N) is 2. The SMILES string of the molecule is COc1ccc2c(c1)C(=O)N(CC1(C#Cc3ccc(C4(C5CCC5)N=C(C)NC4=O)cc3)NC(=O)NC1=O)C2. The molecule has 3 aliphatic heterocycles. The molecule has 6 rings (SSSR count). The van der Waals surface area contributed by atoms with E-state index < -0.39 is 23.0 Å². The Kier molecular flexibility index (Phi) is 5.68. The Morgan fingerprint density at radius 1 is 1.05 bits per heavy atom. The maximum Gasteiger partial charge on any atom is 0.323 e. The zero-order chi connectivity index (χ0) is 27.4. The number of urea groups is 1. The molecular weight excluding hydrogens is 498 g/mol. The molecule has 2 fully saturated rings. The van der Waals surface area contributed by atoms with Gasteiger partial charge in [-0.25, -0.2) is 4.79 Å². The molecule has 2 atom stereocenters. The summed E-state index contributed by atoms with van der Waals surface area (Å²) in [4.78, 5) is 57.4. The molecule has 10 heteroatoms. The quantitative estimate of drug-likeness (QED) is 0.405. The monoisotopic (exact) mass is 525 g/mol. The summed E-state index contributed by atoms with van der Waals surface area (Å²) in [5.74, 6) is 6.24. The van der Waals surface area contributed by atoms with E-state index in [0.717, 1.165) is 30.4 Å². The number of carbonyl (C=O) groups is 4. The van der Waals surface area contributed by atoms with Crippen molar-refractivity contribution in [3.05, 3.63) is 64.7 Å². The van der Waals surface area contributed by atoms with Gasteiger partial charge in [0.1, 0.15) is 11.6 Å². The van der Waals surface area contributed by atoms with Crippen LogP contribution >= 0.6 is 0 Å². The number of fused-ring (bicyclic) bond motifs is 1. The third kappa shape index (κ3) is 3.93. The summed E-state index contributed by atoms with van der Waals surface area (Å²) in [6, 6.07) is 11.8. The molecule has 10 nitrogen and oxygen atoms in total. The van der Waals surface area contributed by atoms with E-state index in [1.807, 2.05) is 18.2 Å². The predicted octanol–water partition coefficient (Wildman–Crippen LogP) is 1.82. The largest absolute Gasteiger partial charge is 0.497 e. The molecule has 3 N–H and O–H groups in total. The van der Waals surface area contributed by atoms with Crippen LogP contribution in [-0.2, 0) is 21.7 Å². The van der Waals surface area contributed by atoms with Crippen molar-refractivity contribution in [1.29, 1.82) is 0 Å². The Hall–Kier alpha value is -4.65. The number of hydrogen-bond acceptors (Lipinski definition) is 6. The lowest BCUT2D eigenvalue weighted by Gasteiger charge is -2.38. The molecule has 0 bridgehead atoms. The molecule has 198 valence electrons. The van der Waals surface area contributed by atoms with Crippen LogP contribution < -0.4 is 20.7 Å². The molecule has 1 aliphatic carbocycles.